The van der Waals surface area contributed by atoms with E-state index < -0.39 is 0 Å². The predicted molar refractivity (Wildman–Crippen MR) is 92.7 cm³/mol. The summed E-state index contributed by atoms with van der Waals surface area (Å²) in [6.45, 7) is 11.6. The van der Waals surface area contributed by atoms with Crippen molar-refractivity contribution < 1.29 is 0 Å². The first-order valence-electron chi connectivity index (χ1n) is 8.85. The first-order chi connectivity index (χ1) is 9.99. The average molecular weight is 287 g/mol. The SMILES string of the molecule is CC(C)c1ccc(C(C)NC2CCCCC2C(C)C)cc1. The van der Waals surface area contributed by atoms with E-state index in [0.717, 1.165) is 11.8 Å². The molecule has 21 heavy (non-hydrogen) atoms. The molecule has 1 fully saturated rings. The van der Waals surface area contributed by atoms with Gasteiger partial charge < -0.3 is 5.32 Å². The van der Waals surface area contributed by atoms with Gasteiger partial charge in [-0.1, -0.05) is 64.8 Å². The van der Waals surface area contributed by atoms with Gasteiger partial charge in [0.15, 0.2) is 0 Å². The molecule has 1 saturated carbocycles. The van der Waals surface area contributed by atoms with Crippen LogP contribution in [0.25, 0.3) is 0 Å². The highest BCUT2D eigenvalue weighted by atomic mass is 15.0. The van der Waals surface area contributed by atoms with Gasteiger partial charge in [-0.25, -0.2) is 0 Å². The predicted octanol–water partition coefficient (Wildman–Crippen LogP) is 5.68. The van der Waals surface area contributed by atoms with Gasteiger partial charge >= 0.3 is 0 Å². The van der Waals surface area contributed by atoms with Crippen molar-refractivity contribution in [2.24, 2.45) is 11.8 Å². The maximum atomic E-state index is 3.92. The molecular formula is C20H33N. The fourth-order valence-corrected chi connectivity index (χ4v) is 3.75. The lowest BCUT2D eigenvalue weighted by atomic mass is 9.77. The van der Waals surface area contributed by atoms with Crippen molar-refractivity contribution in [1.82, 2.24) is 5.32 Å². The summed E-state index contributed by atoms with van der Waals surface area (Å²) in [5.74, 6) is 2.25. The molecule has 1 aliphatic carbocycles. The molecule has 0 bridgehead atoms. The van der Waals surface area contributed by atoms with Crippen LogP contribution in [-0.4, -0.2) is 6.04 Å². The van der Waals surface area contributed by atoms with Gasteiger partial charge in [-0.15, -0.1) is 0 Å². The molecule has 1 aromatic carbocycles. The van der Waals surface area contributed by atoms with Crippen LogP contribution in [0.1, 0.15) is 83.4 Å². The quantitative estimate of drug-likeness (QED) is 0.735. The van der Waals surface area contributed by atoms with Crippen molar-refractivity contribution in [2.45, 2.75) is 78.3 Å². The summed E-state index contributed by atoms with van der Waals surface area (Å²) >= 11 is 0. The zero-order valence-corrected chi connectivity index (χ0v) is 14.5. The molecule has 0 aliphatic heterocycles. The summed E-state index contributed by atoms with van der Waals surface area (Å²) in [6.07, 6.45) is 5.55. The summed E-state index contributed by atoms with van der Waals surface area (Å²) in [5, 5.41) is 3.92. The van der Waals surface area contributed by atoms with E-state index in [2.05, 4.69) is 64.2 Å². The van der Waals surface area contributed by atoms with Crippen LogP contribution in [0.15, 0.2) is 24.3 Å². The van der Waals surface area contributed by atoms with E-state index in [4.69, 9.17) is 0 Å². The fraction of sp³-hybridized carbons (Fsp3) is 0.700. The van der Waals surface area contributed by atoms with E-state index in [1.54, 1.807) is 0 Å². The van der Waals surface area contributed by atoms with Crippen molar-refractivity contribution >= 4 is 0 Å². The van der Waals surface area contributed by atoms with Crippen LogP contribution < -0.4 is 5.32 Å². The second-order valence-corrected chi connectivity index (χ2v) is 7.51. The molecule has 2 rings (SSSR count). The van der Waals surface area contributed by atoms with E-state index in [9.17, 15) is 0 Å². The Morgan fingerprint density at radius 1 is 0.857 bits per heavy atom. The lowest BCUT2D eigenvalue weighted by molar-refractivity contribution is 0.195. The molecule has 1 aliphatic rings. The van der Waals surface area contributed by atoms with Crippen LogP contribution >= 0.6 is 0 Å². The van der Waals surface area contributed by atoms with Crippen molar-refractivity contribution in [1.29, 1.82) is 0 Å². The molecule has 1 N–H and O–H groups in total. The highest BCUT2D eigenvalue weighted by Crippen LogP contribution is 2.31. The molecule has 0 amide bonds. The minimum Gasteiger partial charge on any atom is -0.307 e. The van der Waals surface area contributed by atoms with Crippen LogP contribution in [0.2, 0.25) is 0 Å². The van der Waals surface area contributed by atoms with Gasteiger partial charge in [0.1, 0.15) is 0 Å². The molecule has 118 valence electrons. The average Bonchev–Trinajstić information content (AvgIpc) is 2.47. The van der Waals surface area contributed by atoms with E-state index >= 15 is 0 Å². The zero-order chi connectivity index (χ0) is 15.4. The highest BCUT2D eigenvalue weighted by Gasteiger charge is 2.28. The van der Waals surface area contributed by atoms with E-state index in [1.165, 1.54) is 36.8 Å². The number of hydrogen-bond acceptors (Lipinski definition) is 1. The summed E-state index contributed by atoms with van der Waals surface area (Å²) in [6, 6.07) is 10.3. The summed E-state index contributed by atoms with van der Waals surface area (Å²) in [5.41, 5.74) is 2.86. The Bertz CT molecular complexity index is 418. The molecule has 0 heterocycles. The van der Waals surface area contributed by atoms with Gasteiger partial charge in [-0.3, -0.25) is 0 Å². The second kappa shape index (κ2) is 7.45. The largest absolute Gasteiger partial charge is 0.307 e. The van der Waals surface area contributed by atoms with Crippen LogP contribution in [0.5, 0.6) is 0 Å². The Hall–Kier alpha value is -0.820. The molecule has 0 saturated heterocycles. The first kappa shape index (κ1) is 16.5. The van der Waals surface area contributed by atoms with Crippen molar-refractivity contribution in [3.63, 3.8) is 0 Å². The molecule has 0 aromatic heterocycles. The highest BCUT2D eigenvalue weighted by molar-refractivity contribution is 5.26. The van der Waals surface area contributed by atoms with Gasteiger partial charge in [0.2, 0.25) is 0 Å². The monoisotopic (exact) mass is 287 g/mol. The fourth-order valence-electron chi connectivity index (χ4n) is 3.75. The molecular weight excluding hydrogens is 254 g/mol. The van der Waals surface area contributed by atoms with E-state index in [-0.39, 0.29) is 0 Å². The third kappa shape index (κ3) is 4.32. The van der Waals surface area contributed by atoms with Crippen molar-refractivity contribution in [2.75, 3.05) is 0 Å². The molecule has 0 spiro atoms. The standard InChI is InChI=1S/C20H33N/c1-14(2)17-10-12-18(13-11-17)16(5)21-20-9-7-6-8-19(20)15(3)4/h10-16,19-21H,6-9H2,1-5H3. The summed E-state index contributed by atoms with van der Waals surface area (Å²) in [4.78, 5) is 0. The van der Waals surface area contributed by atoms with E-state index in [0.29, 0.717) is 18.0 Å². The summed E-state index contributed by atoms with van der Waals surface area (Å²) in [7, 11) is 0. The Morgan fingerprint density at radius 3 is 2.00 bits per heavy atom. The van der Waals surface area contributed by atoms with Crippen molar-refractivity contribution in [3.8, 4) is 0 Å². The maximum Gasteiger partial charge on any atom is 0.0294 e. The number of hydrogen-bond donors (Lipinski definition) is 1. The van der Waals surface area contributed by atoms with Crippen molar-refractivity contribution in [3.05, 3.63) is 35.4 Å². The molecule has 0 radical (unpaired) electrons. The van der Waals surface area contributed by atoms with Crippen LogP contribution in [0.4, 0.5) is 0 Å². The minimum absolute atomic E-state index is 0.454. The Balaban J connectivity index is 2.00. The minimum atomic E-state index is 0.454. The third-order valence-electron chi connectivity index (χ3n) is 5.24. The normalized spacial score (nSPS) is 24.5. The third-order valence-corrected chi connectivity index (χ3v) is 5.24. The van der Waals surface area contributed by atoms with Gasteiger partial charge in [0.05, 0.1) is 0 Å². The number of nitrogens with one attached hydrogen (secondary N) is 1. The number of benzene rings is 1. The van der Waals surface area contributed by atoms with Crippen LogP contribution in [-0.2, 0) is 0 Å². The Labute approximate surface area is 131 Å². The molecule has 3 unspecified atom stereocenters. The zero-order valence-electron chi connectivity index (χ0n) is 14.5. The maximum absolute atomic E-state index is 3.92. The lowest BCUT2D eigenvalue weighted by Crippen LogP contribution is -2.42. The molecule has 1 aromatic rings. The Kier molecular flexibility index (Phi) is 5.87. The van der Waals surface area contributed by atoms with Gasteiger partial charge in [0, 0.05) is 12.1 Å². The smallest absolute Gasteiger partial charge is 0.0294 e. The Morgan fingerprint density at radius 2 is 1.43 bits per heavy atom. The van der Waals surface area contributed by atoms with Gasteiger partial charge in [-0.2, -0.15) is 0 Å². The van der Waals surface area contributed by atoms with Crippen LogP contribution in [0.3, 0.4) is 0 Å². The summed E-state index contributed by atoms with van der Waals surface area (Å²) < 4.78 is 0. The van der Waals surface area contributed by atoms with Gasteiger partial charge in [0.25, 0.3) is 0 Å². The molecule has 1 nitrogen and oxygen atoms in total. The van der Waals surface area contributed by atoms with Crippen LogP contribution in [0, 0.1) is 11.8 Å². The van der Waals surface area contributed by atoms with Gasteiger partial charge in [-0.05, 0) is 48.6 Å². The number of rotatable bonds is 5. The molecule has 3 atom stereocenters. The topological polar surface area (TPSA) is 12.0 Å². The van der Waals surface area contributed by atoms with E-state index in [1.807, 2.05) is 0 Å². The molecule has 1 heteroatoms. The second-order valence-electron chi connectivity index (χ2n) is 7.51. The lowest BCUT2D eigenvalue weighted by Gasteiger charge is -2.37. The first-order valence-corrected chi connectivity index (χ1v) is 8.85.